The van der Waals surface area contributed by atoms with Crippen LogP contribution in [0.25, 0.3) is 11.3 Å². The highest BCUT2D eigenvalue weighted by Crippen LogP contribution is 2.25. The molecular weight excluding hydrogens is 347 g/mol. The molecule has 0 unspecified atom stereocenters. The minimum absolute atomic E-state index is 0.0584. The fourth-order valence-electron chi connectivity index (χ4n) is 2.33. The van der Waals surface area contributed by atoms with Gasteiger partial charge in [0.25, 0.3) is 10.0 Å². The average molecular weight is 362 g/mol. The monoisotopic (exact) mass is 362 g/mol. The van der Waals surface area contributed by atoms with Crippen LogP contribution in [-0.4, -0.2) is 13.4 Å². The lowest BCUT2D eigenvalue weighted by atomic mass is 10.1. The molecule has 0 atom stereocenters. The summed E-state index contributed by atoms with van der Waals surface area (Å²) >= 11 is 1.56. The molecule has 1 heterocycles. The molecular formula is C17H15FN2O2S2. The van der Waals surface area contributed by atoms with Crippen LogP contribution < -0.4 is 4.72 Å². The Hall–Kier alpha value is -2.25. The molecule has 0 saturated heterocycles. The summed E-state index contributed by atoms with van der Waals surface area (Å²) in [4.78, 5) is 4.46. The summed E-state index contributed by atoms with van der Waals surface area (Å²) < 4.78 is 40.6. The third kappa shape index (κ3) is 3.47. The van der Waals surface area contributed by atoms with Crippen LogP contribution in [-0.2, 0) is 10.0 Å². The molecule has 0 fully saturated rings. The Kier molecular flexibility index (Phi) is 4.38. The van der Waals surface area contributed by atoms with Gasteiger partial charge in [0.05, 0.1) is 15.6 Å². The number of thiazole rings is 1. The van der Waals surface area contributed by atoms with Crippen molar-refractivity contribution < 1.29 is 12.8 Å². The van der Waals surface area contributed by atoms with E-state index in [-0.39, 0.29) is 4.90 Å². The number of sulfonamides is 1. The lowest BCUT2D eigenvalue weighted by Crippen LogP contribution is -2.14. The van der Waals surface area contributed by atoms with Gasteiger partial charge >= 0.3 is 0 Å². The molecule has 1 aromatic heterocycles. The summed E-state index contributed by atoms with van der Waals surface area (Å²) in [5.74, 6) is -0.464. The van der Waals surface area contributed by atoms with Crippen LogP contribution in [0, 0.1) is 19.7 Å². The Morgan fingerprint density at radius 2 is 1.79 bits per heavy atom. The number of nitrogens with one attached hydrogen (secondary N) is 1. The van der Waals surface area contributed by atoms with E-state index in [9.17, 15) is 12.8 Å². The number of rotatable bonds is 4. The average Bonchev–Trinajstić information content (AvgIpc) is 2.93. The fourth-order valence-corrected chi connectivity index (χ4v) is 4.24. The van der Waals surface area contributed by atoms with Gasteiger partial charge < -0.3 is 0 Å². The quantitative estimate of drug-likeness (QED) is 0.750. The molecule has 1 N–H and O–H groups in total. The molecule has 0 amide bonds. The van der Waals surface area contributed by atoms with Crippen molar-refractivity contribution >= 4 is 27.0 Å². The lowest BCUT2D eigenvalue weighted by molar-refractivity contribution is 0.598. The summed E-state index contributed by atoms with van der Waals surface area (Å²) in [6.07, 6.45) is 0. The van der Waals surface area contributed by atoms with Crippen molar-refractivity contribution in [3.63, 3.8) is 0 Å². The molecule has 0 saturated carbocycles. The van der Waals surface area contributed by atoms with Crippen LogP contribution in [0.2, 0.25) is 0 Å². The number of aryl methyl sites for hydroxylation is 2. The lowest BCUT2D eigenvalue weighted by Gasteiger charge is -2.10. The van der Waals surface area contributed by atoms with Gasteiger partial charge in [-0.05, 0) is 49.7 Å². The van der Waals surface area contributed by atoms with Crippen LogP contribution in [0.15, 0.2) is 52.7 Å². The van der Waals surface area contributed by atoms with Gasteiger partial charge in [0.15, 0.2) is 0 Å². The maximum atomic E-state index is 13.1. The van der Waals surface area contributed by atoms with Gasteiger partial charge in [-0.2, -0.15) is 0 Å². The number of halogens is 1. The Labute approximate surface area is 144 Å². The van der Waals surface area contributed by atoms with Crippen LogP contribution in [0.5, 0.6) is 0 Å². The standard InChI is InChI=1S/C17H15FN2O2S2/c1-11-9-14(18)5-8-17(11)24(21,22)20-15-6-3-13(4-7-15)16-10-23-12(2)19-16/h3-10,20H,1-2H3. The molecule has 0 aliphatic heterocycles. The van der Waals surface area contributed by atoms with Gasteiger partial charge in [0.1, 0.15) is 5.82 Å². The van der Waals surface area contributed by atoms with Gasteiger partial charge in [-0.3, -0.25) is 4.72 Å². The predicted molar refractivity (Wildman–Crippen MR) is 94.2 cm³/mol. The van der Waals surface area contributed by atoms with E-state index in [1.54, 1.807) is 30.4 Å². The summed E-state index contributed by atoms with van der Waals surface area (Å²) in [7, 11) is -3.76. The molecule has 0 radical (unpaired) electrons. The number of anilines is 1. The first-order chi connectivity index (χ1) is 11.3. The number of nitrogens with zero attached hydrogens (tertiary/aromatic N) is 1. The second-order valence-electron chi connectivity index (χ2n) is 5.34. The first kappa shape index (κ1) is 16.6. The van der Waals surface area contributed by atoms with E-state index in [4.69, 9.17) is 0 Å². The van der Waals surface area contributed by atoms with Crippen molar-refractivity contribution in [3.8, 4) is 11.3 Å². The minimum atomic E-state index is -3.76. The van der Waals surface area contributed by atoms with E-state index in [0.29, 0.717) is 11.3 Å². The molecule has 2 aromatic carbocycles. The van der Waals surface area contributed by atoms with Crippen LogP contribution in [0.3, 0.4) is 0 Å². The van der Waals surface area contributed by atoms with Crippen LogP contribution in [0.4, 0.5) is 10.1 Å². The van der Waals surface area contributed by atoms with Crippen LogP contribution >= 0.6 is 11.3 Å². The van der Waals surface area contributed by atoms with E-state index in [2.05, 4.69) is 9.71 Å². The first-order valence-corrected chi connectivity index (χ1v) is 9.53. The van der Waals surface area contributed by atoms with E-state index in [1.165, 1.54) is 12.1 Å². The van der Waals surface area contributed by atoms with Crippen molar-refractivity contribution in [2.45, 2.75) is 18.7 Å². The summed E-state index contributed by atoms with van der Waals surface area (Å²) in [5.41, 5.74) is 2.58. The van der Waals surface area contributed by atoms with E-state index in [1.807, 2.05) is 24.4 Å². The molecule has 4 nitrogen and oxygen atoms in total. The molecule has 3 rings (SSSR count). The van der Waals surface area contributed by atoms with E-state index >= 15 is 0 Å². The summed E-state index contributed by atoms with van der Waals surface area (Å²) in [6, 6.07) is 10.6. The van der Waals surface area contributed by atoms with Crippen molar-refractivity contribution in [1.82, 2.24) is 4.98 Å². The van der Waals surface area contributed by atoms with E-state index < -0.39 is 15.8 Å². The number of aromatic nitrogens is 1. The zero-order chi connectivity index (χ0) is 17.3. The number of hydrogen-bond donors (Lipinski definition) is 1. The molecule has 0 bridgehead atoms. The Morgan fingerprint density at radius 3 is 2.38 bits per heavy atom. The van der Waals surface area contributed by atoms with Gasteiger partial charge in [0.2, 0.25) is 0 Å². The molecule has 124 valence electrons. The van der Waals surface area contributed by atoms with Crippen molar-refractivity contribution in [1.29, 1.82) is 0 Å². The molecule has 24 heavy (non-hydrogen) atoms. The third-order valence-electron chi connectivity index (χ3n) is 3.48. The highest BCUT2D eigenvalue weighted by Gasteiger charge is 2.17. The van der Waals surface area contributed by atoms with Gasteiger partial charge in [0, 0.05) is 16.6 Å². The van der Waals surface area contributed by atoms with Crippen molar-refractivity contribution in [2.75, 3.05) is 4.72 Å². The first-order valence-electron chi connectivity index (χ1n) is 7.17. The van der Waals surface area contributed by atoms with Gasteiger partial charge in [-0.1, -0.05) is 12.1 Å². The van der Waals surface area contributed by atoms with Gasteiger partial charge in [-0.25, -0.2) is 17.8 Å². The maximum absolute atomic E-state index is 13.1. The zero-order valence-corrected chi connectivity index (χ0v) is 14.7. The highest BCUT2D eigenvalue weighted by atomic mass is 32.2. The zero-order valence-electron chi connectivity index (χ0n) is 13.1. The largest absolute Gasteiger partial charge is 0.280 e. The minimum Gasteiger partial charge on any atom is -0.280 e. The number of benzene rings is 2. The smallest absolute Gasteiger partial charge is 0.262 e. The second kappa shape index (κ2) is 6.33. The topological polar surface area (TPSA) is 59.1 Å². The Morgan fingerprint density at radius 1 is 1.08 bits per heavy atom. The molecule has 7 heteroatoms. The Balaban J connectivity index is 1.85. The third-order valence-corrected chi connectivity index (χ3v) is 5.79. The molecule has 0 aliphatic carbocycles. The molecule has 0 spiro atoms. The van der Waals surface area contributed by atoms with Crippen molar-refractivity contribution in [3.05, 3.63) is 64.2 Å². The molecule has 3 aromatic rings. The number of hydrogen-bond acceptors (Lipinski definition) is 4. The summed E-state index contributed by atoms with van der Waals surface area (Å²) in [5, 5.41) is 2.93. The van der Waals surface area contributed by atoms with E-state index in [0.717, 1.165) is 22.3 Å². The van der Waals surface area contributed by atoms with Crippen molar-refractivity contribution in [2.24, 2.45) is 0 Å². The highest BCUT2D eigenvalue weighted by molar-refractivity contribution is 7.92. The predicted octanol–water partition coefficient (Wildman–Crippen LogP) is 4.37. The SMILES string of the molecule is Cc1nc(-c2ccc(NS(=O)(=O)c3ccc(F)cc3C)cc2)cs1. The van der Waals surface area contributed by atoms with Crippen LogP contribution in [0.1, 0.15) is 10.6 Å². The summed E-state index contributed by atoms with van der Waals surface area (Å²) in [6.45, 7) is 3.49. The Bertz CT molecular complexity index is 980. The normalized spacial score (nSPS) is 11.5. The van der Waals surface area contributed by atoms with Gasteiger partial charge in [-0.15, -0.1) is 11.3 Å². The maximum Gasteiger partial charge on any atom is 0.262 e. The second-order valence-corrected chi connectivity index (χ2v) is 8.06. The fraction of sp³-hybridized carbons (Fsp3) is 0.118. The molecule has 0 aliphatic rings.